The van der Waals surface area contributed by atoms with Crippen LogP contribution in [0.3, 0.4) is 0 Å². The minimum Gasteiger partial charge on any atom is -0.438 e. The van der Waals surface area contributed by atoms with Crippen LogP contribution in [-0.4, -0.2) is 40.5 Å². The standard InChI is InChI=1S/C27H27F2NO4/c1-18(19-7-9-20(10-8-19)24-12-11-22(28)15-25(24)29)30-14-13-27(34-26(30)33,16-23(32)17-31)21-5-3-2-4-6-21/h2-12,15,18,23,31-32H,13-14,16-17H2,1H3/t18-,23-,27-/m0/s1. The summed E-state index contributed by atoms with van der Waals surface area (Å²) >= 11 is 0. The number of cyclic esters (lactones) is 1. The summed E-state index contributed by atoms with van der Waals surface area (Å²) < 4.78 is 33.3. The van der Waals surface area contributed by atoms with Crippen LogP contribution in [0, 0.1) is 11.6 Å². The normalized spacial score (nSPS) is 20.0. The topological polar surface area (TPSA) is 70.0 Å². The molecule has 7 heteroatoms. The van der Waals surface area contributed by atoms with Crippen LogP contribution >= 0.6 is 0 Å². The van der Waals surface area contributed by atoms with Crippen molar-refractivity contribution >= 4 is 6.09 Å². The summed E-state index contributed by atoms with van der Waals surface area (Å²) in [6.45, 7) is 1.85. The second-order valence-corrected chi connectivity index (χ2v) is 8.63. The number of hydrogen-bond donors (Lipinski definition) is 2. The smallest absolute Gasteiger partial charge is 0.411 e. The molecule has 0 aromatic heterocycles. The lowest BCUT2D eigenvalue weighted by Gasteiger charge is -2.44. The summed E-state index contributed by atoms with van der Waals surface area (Å²) in [6, 6.07) is 19.5. The maximum Gasteiger partial charge on any atom is 0.411 e. The van der Waals surface area contributed by atoms with Gasteiger partial charge in [-0.1, -0.05) is 54.6 Å². The average Bonchev–Trinajstić information content (AvgIpc) is 2.84. The minimum atomic E-state index is -1.03. The predicted molar refractivity (Wildman–Crippen MR) is 124 cm³/mol. The minimum absolute atomic E-state index is 0.0966. The molecule has 3 aromatic rings. The highest BCUT2D eigenvalue weighted by molar-refractivity contribution is 5.70. The van der Waals surface area contributed by atoms with Crippen molar-refractivity contribution in [2.75, 3.05) is 13.2 Å². The van der Waals surface area contributed by atoms with Crippen molar-refractivity contribution in [2.24, 2.45) is 0 Å². The summed E-state index contributed by atoms with van der Waals surface area (Å²) in [5, 5.41) is 19.5. The Labute approximate surface area is 197 Å². The summed E-state index contributed by atoms with van der Waals surface area (Å²) in [5.41, 5.74) is 1.49. The Kier molecular flexibility index (Phi) is 6.95. The van der Waals surface area contributed by atoms with Crippen molar-refractivity contribution in [1.29, 1.82) is 0 Å². The first-order chi connectivity index (χ1) is 16.3. The maximum atomic E-state index is 14.1. The number of aliphatic hydroxyl groups excluding tert-OH is 2. The van der Waals surface area contributed by atoms with Crippen LogP contribution in [0.5, 0.6) is 0 Å². The molecule has 0 saturated carbocycles. The quantitative estimate of drug-likeness (QED) is 0.503. The number of hydrogen-bond acceptors (Lipinski definition) is 4. The molecule has 178 valence electrons. The van der Waals surface area contributed by atoms with E-state index in [1.54, 1.807) is 17.0 Å². The molecule has 1 aliphatic rings. The van der Waals surface area contributed by atoms with Crippen LogP contribution in [0.4, 0.5) is 13.6 Å². The molecule has 1 amide bonds. The van der Waals surface area contributed by atoms with Crippen molar-refractivity contribution in [3.8, 4) is 11.1 Å². The zero-order valence-electron chi connectivity index (χ0n) is 18.8. The molecule has 0 radical (unpaired) electrons. The lowest BCUT2D eigenvalue weighted by Crippen LogP contribution is -2.50. The van der Waals surface area contributed by atoms with Crippen molar-refractivity contribution in [1.82, 2.24) is 4.90 Å². The van der Waals surface area contributed by atoms with Crippen molar-refractivity contribution < 1.29 is 28.5 Å². The van der Waals surface area contributed by atoms with Gasteiger partial charge in [-0.05, 0) is 35.7 Å². The number of nitrogens with zero attached hydrogens (tertiary/aromatic N) is 1. The van der Waals surface area contributed by atoms with Crippen molar-refractivity contribution in [2.45, 2.75) is 37.5 Å². The summed E-state index contributed by atoms with van der Waals surface area (Å²) in [4.78, 5) is 14.7. The molecule has 1 fully saturated rings. The van der Waals surface area contributed by atoms with Crippen LogP contribution in [0.2, 0.25) is 0 Å². The second-order valence-electron chi connectivity index (χ2n) is 8.63. The third kappa shape index (κ3) is 4.81. The summed E-state index contributed by atoms with van der Waals surface area (Å²) in [6.07, 6.45) is -0.986. The van der Waals surface area contributed by atoms with E-state index in [1.807, 2.05) is 49.4 Å². The van der Waals surface area contributed by atoms with Gasteiger partial charge in [-0.15, -0.1) is 0 Å². The molecule has 1 aliphatic heterocycles. The predicted octanol–water partition coefficient (Wildman–Crippen LogP) is 5.17. The first-order valence-electron chi connectivity index (χ1n) is 11.2. The Morgan fingerprint density at radius 3 is 2.38 bits per heavy atom. The van der Waals surface area contributed by atoms with Crippen molar-refractivity contribution in [3.05, 3.63) is 95.6 Å². The Bertz CT molecular complexity index is 1140. The number of aliphatic hydroxyl groups is 2. The van der Waals surface area contributed by atoms with Crippen molar-refractivity contribution in [3.63, 3.8) is 0 Å². The molecule has 1 heterocycles. The summed E-state index contributed by atoms with van der Waals surface area (Å²) in [5.74, 6) is -1.27. The van der Waals surface area contributed by atoms with Gasteiger partial charge in [0.05, 0.1) is 18.8 Å². The van der Waals surface area contributed by atoms with Gasteiger partial charge in [0.25, 0.3) is 0 Å². The van der Waals surface area contributed by atoms with Gasteiger partial charge in [-0.3, -0.25) is 0 Å². The molecule has 4 rings (SSSR count). The second kappa shape index (κ2) is 9.91. The molecule has 3 aromatic carbocycles. The van der Waals surface area contributed by atoms with Gasteiger partial charge in [0, 0.05) is 31.0 Å². The highest BCUT2D eigenvalue weighted by Gasteiger charge is 2.44. The fourth-order valence-electron chi connectivity index (χ4n) is 4.52. The molecule has 0 bridgehead atoms. The molecule has 34 heavy (non-hydrogen) atoms. The first-order valence-corrected chi connectivity index (χ1v) is 11.2. The van der Waals surface area contributed by atoms with Crippen LogP contribution in [0.15, 0.2) is 72.8 Å². The Hall–Kier alpha value is -3.29. The van der Waals surface area contributed by atoms with E-state index in [0.29, 0.717) is 24.1 Å². The van der Waals surface area contributed by atoms with Gasteiger partial charge in [0.15, 0.2) is 0 Å². The van der Waals surface area contributed by atoms with Crippen LogP contribution in [0.1, 0.15) is 36.9 Å². The molecular weight excluding hydrogens is 440 g/mol. The number of rotatable bonds is 7. The van der Waals surface area contributed by atoms with Gasteiger partial charge < -0.3 is 19.8 Å². The van der Waals surface area contributed by atoms with Gasteiger partial charge in [-0.2, -0.15) is 0 Å². The highest BCUT2D eigenvalue weighted by atomic mass is 19.1. The SMILES string of the molecule is C[C@@H](c1ccc(-c2ccc(F)cc2F)cc1)N1CC[C@](C[C@H](O)CO)(c2ccccc2)OC1=O. The molecular formula is C27H27F2NO4. The maximum absolute atomic E-state index is 14.1. The Morgan fingerprint density at radius 2 is 1.76 bits per heavy atom. The third-order valence-electron chi connectivity index (χ3n) is 6.45. The van der Waals surface area contributed by atoms with Gasteiger partial charge >= 0.3 is 6.09 Å². The Balaban J connectivity index is 1.53. The van der Waals surface area contributed by atoms with Crippen LogP contribution < -0.4 is 0 Å². The highest BCUT2D eigenvalue weighted by Crippen LogP contribution is 2.40. The van der Waals surface area contributed by atoms with E-state index in [0.717, 1.165) is 17.2 Å². The molecule has 0 aliphatic carbocycles. The van der Waals surface area contributed by atoms with Gasteiger partial charge in [0.1, 0.15) is 17.2 Å². The Morgan fingerprint density at radius 1 is 1.06 bits per heavy atom. The zero-order valence-corrected chi connectivity index (χ0v) is 18.8. The van der Waals surface area contributed by atoms with E-state index in [2.05, 4.69) is 0 Å². The lowest BCUT2D eigenvalue weighted by atomic mass is 9.83. The largest absolute Gasteiger partial charge is 0.438 e. The number of amides is 1. The number of carbonyl (C=O) groups excluding carboxylic acids is 1. The van der Waals surface area contributed by atoms with E-state index >= 15 is 0 Å². The van der Waals surface area contributed by atoms with E-state index in [9.17, 15) is 23.8 Å². The molecule has 3 atom stereocenters. The first kappa shape index (κ1) is 23.9. The molecule has 2 N–H and O–H groups in total. The van der Waals surface area contributed by atoms with Crippen LogP contribution in [0.25, 0.3) is 11.1 Å². The van der Waals surface area contributed by atoms with E-state index < -0.39 is 36.0 Å². The van der Waals surface area contributed by atoms with E-state index in [4.69, 9.17) is 4.74 Å². The van der Waals surface area contributed by atoms with E-state index in [-0.39, 0.29) is 12.5 Å². The number of halogens is 2. The fourth-order valence-corrected chi connectivity index (χ4v) is 4.52. The molecule has 5 nitrogen and oxygen atoms in total. The summed E-state index contributed by atoms with van der Waals surface area (Å²) in [7, 11) is 0. The lowest BCUT2D eigenvalue weighted by molar-refractivity contribution is -0.0892. The zero-order chi connectivity index (χ0) is 24.3. The molecule has 0 unspecified atom stereocenters. The van der Waals surface area contributed by atoms with Crippen LogP contribution in [-0.2, 0) is 10.3 Å². The fraction of sp³-hybridized carbons (Fsp3) is 0.296. The molecule has 1 saturated heterocycles. The van der Waals surface area contributed by atoms with Gasteiger partial charge in [-0.25, -0.2) is 13.6 Å². The monoisotopic (exact) mass is 467 g/mol. The van der Waals surface area contributed by atoms with Gasteiger partial charge in [0.2, 0.25) is 0 Å². The molecule has 0 spiro atoms. The average molecular weight is 468 g/mol. The number of ether oxygens (including phenoxy) is 1. The number of carbonyl (C=O) groups is 1. The number of benzene rings is 3. The third-order valence-corrected chi connectivity index (χ3v) is 6.45. The van der Waals surface area contributed by atoms with E-state index in [1.165, 1.54) is 12.1 Å².